The molecule has 1 saturated carbocycles. The summed E-state index contributed by atoms with van der Waals surface area (Å²) in [5.41, 5.74) is 3.53. The molecular formula is C23H28FN3O. The second-order valence-corrected chi connectivity index (χ2v) is 7.96. The highest BCUT2D eigenvalue weighted by Gasteiger charge is 2.51. The summed E-state index contributed by atoms with van der Waals surface area (Å²) in [5, 5.41) is 3.11. The minimum Gasteiger partial charge on any atom is -0.369 e. The van der Waals surface area contributed by atoms with Crippen molar-refractivity contribution in [1.29, 1.82) is 0 Å². The molecule has 0 spiro atoms. The fourth-order valence-corrected chi connectivity index (χ4v) is 4.09. The van der Waals surface area contributed by atoms with Crippen molar-refractivity contribution in [2.75, 3.05) is 42.9 Å². The highest BCUT2D eigenvalue weighted by Crippen LogP contribution is 2.49. The molecule has 4 rings (SSSR count). The molecule has 1 aliphatic heterocycles. The van der Waals surface area contributed by atoms with Crippen LogP contribution >= 0.6 is 0 Å². The molecule has 148 valence electrons. The quantitative estimate of drug-likeness (QED) is 0.852. The number of nitrogens with zero attached hydrogens (tertiary/aromatic N) is 2. The van der Waals surface area contributed by atoms with Crippen molar-refractivity contribution in [3.63, 3.8) is 0 Å². The summed E-state index contributed by atoms with van der Waals surface area (Å²) >= 11 is 0. The average molecular weight is 381 g/mol. The molecule has 1 aliphatic carbocycles. The van der Waals surface area contributed by atoms with Crippen LogP contribution in [0.4, 0.5) is 15.8 Å². The van der Waals surface area contributed by atoms with Gasteiger partial charge in [-0.1, -0.05) is 19.1 Å². The van der Waals surface area contributed by atoms with Crippen LogP contribution in [0.5, 0.6) is 0 Å². The average Bonchev–Trinajstić information content (AvgIpc) is 3.52. The van der Waals surface area contributed by atoms with E-state index in [1.165, 1.54) is 17.8 Å². The summed E-state index contributed by atoms with van der Waals surface area (Å²) in [6.45, 7) is 9.60. The minimum atomic E-state index is -0.505. The number of aryl methyl sites for hydroxylation is 1. The van der Waals surface area contributed by atoms with Crippen LogP contribution in [-0.4, -0.2) is 43.5 Å². The van der Waals surface area contributed by atoms with Crippen molar-refractivity contribution in [3.8, 4) is 0 Å². The summed E-state index contributed by atoms with van der Waals surface area (Å²) < 4.78 is 13.2. The van der Waals surface area contributed by atoms with Crippen LogP contribution in [0.15, 0.2) is 42.5 Å². The minimum absolute atomic E-state index is 0.00604. The van der Waals surface area contributed by atoms with E-state index >= 15 is 0 Å². The molecule has 0 atom stereocenters. The Kier molecular flexibility index (Phi) is 5.11. The molecule has 1 N–H and O–H groups in total. The van der Waals surface area contributed by atoms with E-state index < -0.39 is 5.41 Å². The van der Waals surface area contributed by atoms with Crippen molar-refractivity contribution in [2.45, 2.75) is 32.1 Å². The SMILES string of the molecule is CCN1CCN(c2ccc(NC(=O)C3(c4ccc(F)cc4)CC3)c(C)c2)CC1. The molecule has 0 bridgehead atoms. The second kappa shape index (κ2) is 7.55. The maximum absolute atomic E-state index is 13.2. The van der Waals surface area contributed by atoms with E-state index in [1.54, 1.807) is 12.1 Å². The number of hydrogen-bond acceptors (Lipinski definition) is 3. The third-order valence-electron chi connectivity index (χ3n) is 6.22. The van der Waals surface area contributed by atoms with Gasteiger partial charge in [0.25, 0.3) is 0 Å². The predicted octanol–water partition coefficient (Wildman–Crippen LogP) is 3.95. The van der Waals surface area contributed by atoms with Gasteiger partial charge in [0.1, 0.15) is 5.82 Å². The first-order chi connectivity index (χ1) is 13.5. The zero-order valence-corrected chi connectivity index (χ0v) is 16.7. The summed E-state index contributed by atoms with van der Waals surface area (Å²) in [6, 6.07) is 12.6. The molecule has 4 nitrogen and oxygen atoms in total. The van der Waals surface area contributed by atoms with Crippen molar-refractivity contribution in [3.05, 3.63) is 59.4 Å². The molecular weight excluding hydrogens is 353 g/mol. The van der Waals surface area contributed by atoms with Crippen molar-refractivity contribution in [1.82, 2.24) is 4.90 Å². The Bertz CT molecular complexity index is 853. The van der Waals surface area contributed by atoms with Gasteiger partial charge < -0.3 is 15.1 Å². The number of anilines is 2. The van der Waals surface area contributed by atoms with Crippen LogP contribution in [0, 0.1) is 12.7 Å². The molecule has 2 aliphatic rings. The Labute approximate surface area is 166 Å². The fraction of sp³-hybridized carbons (Fsp3) is 0.435. The van der Waals surface area contributed by atoms with Crippen LogP contribution in [0.1, 0.15) is 30.9 Å². The van der Waals surface area contributed by atoms with Crippen molar-refractivity contribution in [2.24, 2.45) is 0 Å². The topological polar surface area (TPSA) is 35.6 Å². The molecule has 0 aromatic heterocycles. The lowest BCUT2D eigenvalue weighted by Crippen LogP contribution is -2.46. The zero-order valence-electron chi connectivity index (χ0n) is 16.7. The van der Waals surface area contributed by atoms with E-state index in [0.29, 0.717) is 0 Å². The Balaban J connectivity index is 1.45. The molecule has 5 heteroatoms. The second-order valence-electron chi connectivity index (χ2n) is 7.96. The molecule has 0 radical (unpaired) electrons. The van der Waals surface area contributed by atoms with Gasteiger partial charge in [0.15, 0.2) is 0 Å². The molecule has 1 amide bonds. The molecule has 1 heterocycles. The predicted molar refractivity (Wildman–Crippen MR) is 111 cm³/mol. The van der Waals surface area contributed by atoms with Crippen LogP contribution in [0.3, 0.4) is 0 Å². The normalized spacial score (nSPS) is 18.8. The number of likely N-dealkylation sites (N-methyl/N-ethyl adjacent to an activating group) is 1. The zero-order chi connectivity index (χ0) is 19.7. The maximum Gasteiger partial charge on any atom is 0.235 e. The van der Waals surface area contributed by atoms with Gasteiger partial charge in [-0.15, -0.1) is 0 Å². The Hall–Kier alpha value is -2.40. The number of benzene rings is 2. The van der Waals surface area contributed by atoms with Gasteiger partial charge in [-0.2, -0.15) is 0 Å². The first kappa shape index (κ1) is 18.9. The molecule has 0 unspecified atom stereocenters. The van der Waals surface area contributed by atoms with Gasteiger partial charge >= 0.3 is 0 Å². The molecule has 2 aromatic carbocycles. The van der Waals surface area contributed by atoms with Crippen LogP contribution in [0.2, 0.25) is 0 Å². The smallest absolute Gasteiger partial charge is 0.235 e. The van der Waals surface area contributed by atoms with Gasteiger partial charge in [-0.25, -0.2) is 4.39 Å². The number of nitrogens with one attached hydrogen (secondary N) is 1. The summed E-state index contributed by atoms with van der Waals surface area (Å²) in [5.74, 6) is -0.266. The summed E-state index contributed by atoms with van der Waals surface area (Å²) in [7, 11) is 0. The van der Waals surface area contributed by atoms with Gasteiger partial charge in [-0.3, -0.25) is 4.79 Å². The third-order valence-corrected chi connectivity index (χ3v) is 6.22. The standard InChI is InChI=1S/C23H28FN3O/c1-3-26-12-14-27(15-13-26)20-8-9-21(17(2)16-20)25-22(28)23(10-11-23)18-4-6-19(24)7-5-18/h4-9,16H,3,10-15H2,1-2H3,(H,25,28). The van der Waals surface area contributed by atoms with E-state index in [-0.39, 0.29) is 11.7 Å². The van der Waals surface area contributed by atoms with Crippen LogP contribution in [-0.2, 0) is 10.2 Å². The highest BCUT2D eigenvalue weighted by molar-refractivity contribution is 6.02. The van der Waals surface area contributed by atoms with E-state index in [0.717, 1.165) is 62.4 Å². The third kappa shape index (κ3) is 3.63. The summed E-state index contributed by atoms with van der Waals surface area (Å²) in [4.78, 5) is 17.8. The highest BCUT2D eigenvalue weighted by atomic mass is 19.1. The van der Waals surface area contributed by atoms with E-state index in [9.17, 15) is 9.18 Å². The fourth-order valence-electron chi connectivity index (χ4n) is 4.09. The number of carbonyl (C=O) groups excluding carboxylic acids is 1. The lowest BCUT2D eigenvalue weighted by Gasteiger charge is -2.35. The van der Waals surface area contributed by atoms with Gasteiger partial charge in [0.2, 0.25) is 5.91 Å². The number of carbonyl (C=O) groups is 1. The van der Waals surface area contributed by atoms with Crippen LogP contribution in [0.25, 0.3) is 0 Å². The Morgan fingerprint density at radius 1 is 1.07 bits per heavy atom. The first-order valence-electron chi connectivity index (χ1n) is 10.2. The monoisotopic (exact) mass is 381 g/mol. The first-order valence-corrected chi connectivity index (χ1v) is 10.2. The number of halogens is 1. The lowest BCUT2D eigenvalue weighted by molar-refractivity contribution is -0.118. The molecule has 28 heavy (non-hydrogen) atoms. The number of rotatable bonds is 5. The number of piperazine rings is 1. The van der Waals surface area contributed by atoms with Gasteiger partial charge in [-0.05, 0) is 67.8 Å². The Morgan fingerprint density at radius 2 is 1.75 bits per heavy atom. The molecule has 2 aromatic rings. The van der Waals surface area contributed by atoms with Gasteiger partial charge in [0, 0.05) is 37.6 Å². The lowest BCUT2D eigenvalue weighted by atomic mass is 9.94. The number of amides is 1. The largest absolute Gasteiger partial charge is 0.369 e. The number of hydrogen-bond donors (Lipinski definition) is 1. The molecule has 1 saturated heterocycles. The molecule has 2 fully saturated rings. The van der Waals surface area contributed by atoms with Crippen molar-refractivity contribution >= 4 is 17.3 Å². The Morgan fingerprint density at radius 3 is 2.32 bits per heavy atom. The van der Waals surface area contributed by atoms with E-state index in [1.807, 2.05) is 13.0 Å². The van der Waals surface area contributed by atoms with Crippen LogP contribution < -0.4 is 10.2 Å². The maximum atomic E-state index is 13.2. The summed E-state index contributed by atoms with van der Waals surface area (Å²) in [6.07, 6.45) is 1.62. The van der Waals surface area contributed by atoms with E-state index in [4.69, 9.17) is 0 Å². The van der Waals surface area contributed by atoms with E-state index in [2.05, 4.69) is 34.2 Å². The van der Waals surface area contributed by atoms with Crippen molar-refractivity contribution < 1.29 is 9.18 Å². The van der Waals surface area contributed by atoms with Gasteiger partial charge in [0.05, 0.1) is 5.41 Å².